The number of nitrogens with two attached hydrogens (primary N) is 1. The van der Waals surface area contributed by atoms with E-state index in [1.807, 2.05) is 12.1 Å². The minimum atomic E-state index is 0.417. The fraction of sp³-hybridized carbons (Fsp3) is 0.357. The molecule has 0 bridgehead atoms. The number of nitrogens with zero attached hydrogens (tertiary/aromatic N) is 3. The summed E-state index contributed by atoms with van der Waals surface area (Å²) in [5.74, 6) is 1.76. The van der Waals surface area contributed by atoms with Gasteiger partial charge in [0.1, 0.15) is 11.5 Å². The molecule has 2 aromatic rings. The number of hydrogen-bond acceptors (Lipinski definition) is 6. The van der Waals surface area contributed by atoms with Crippen LogP contribution >= 0.6 is 0 Å². The van der Waals surface area contributed by atoms with Crippen LogP contribution < -0.4 is 15.8 Å². The van der Waals surface area contributed by atoms with Crippen molar-refractivity contribution in [2.75, 3.05) is 18.2 Å². The Kier molecular flexibility index (Phi) is 4.70. The molecule has 0 aliphatic rings. The Labute approximate surface area is 118 Å². The number of rotatable bonds is 6. The highest BCUT2D eigenvalue weighted by Crippen LogP contribution is 2.26. The Bertz CT molecular complexity index is 559. The van der Waals surface area contributed by atoms with Crippen LogP contribution in [0.5, 0.6) is 5.88 Å². The fourth-order valence-electron chi connectivity index (χ4n) is 1.81. The van der Waals surface area contributed by atoms with E-state index < -0.39 is 0 Å². The van der Waals surface area contributed by atoms with E-state index in [1.54, 1.807) is 19.5 Å². The number of methoxy groups -OCH3 is 1. The van der Waals surface area contributed by atoms with Gasteiger partial charge in [-0.2, -0.15) is 4.98 Å². The van der Waals surface area contributed by atoms with Crippen molar-refractivity contribution in [1.29, 1.82) is 0 Å². The summed E-state index contributed by atoms with van der Waals surface area (Å²) < 4.78 is 5.20. The van der Waals surface area contributed by atoms with Gasteiger partial charge in [-0.3, -0.25) is 4.98 Å². The predicted octanol–water partition coefficient (Wildman–Crippen LogP) is 2.03. The van der Waals surface area contributed by atoms with Gasteiger partial charge in [0.15, 0.2) is 5.82 Å². The fourth-order valence-corrected chi connectivity index (χ4v) is 1.81. The standard InChI is InChI=1S/C14H19N5O/c1-3-4-11-18-13(12(15)14(19-11)20-2)17-9-10-5-7-16-8-6-10/h5-8H,3-4,9,15H2,1-2H3,(H,17,18,19). The summed E-state index contributed by atoms with van der Waals surface area (Å²) in [5, 5.41) is 3.22. The molecule has 0 aliphatic carbocycles. The lowest BCUT2D eigenvalue weighted by atomic mass is 10.2. The summed E-state index contributed by atoms with van der Waals surface area (Å²) in [6, 6.07) is 3.88. The highest BCUT2D eigenvalue weighted by atomic mass is 16.5. The van der Waals surface area contributed by atoms with Crippen molar-refractivity contribution in [2.24, 2.45) is 0 Å². The Hall–Kier alpha value is -2.37. The first-order valence-electron chi connectivity index (χ1n) is 6.57. The molecule has 2 rings (SSSR count). The molecular weight excluding hydrogens is 254 g/mol. The lowest BCUT2D eigenvalue weighted by Crippen LogP contribution is -2.10. The van der Waals surface area contributed by atoms with E-state index in [9.17, 15) is 0 Å². The SMILES string of the molecule is CCCc1nc(NCc2ccncc2)c(N)c(OC)n1. The second kappa shape index (κ2) is 6.70. The minimum absolute atomic E-state index is 0.417. The van der Waals surface area contributed by atoms with Gasteiger partial charge in [-0.05, 0) is 24.1 Å². The van der Waals surface area contributed by atoms with Crippen molar-refractivity contribution in [1.82, 2.24) is 15.0 Å². The molecule has 106 valence electrons. The highest BCUT2D eigenvalue weighted by Gasteiger charge is 2.11. The Morgan fingerprint density at radius 1 is 1.25 bits per heavy atom. The molecule has 6 nitrogen and oxygen atoms in total. The van der Waals surface area contributed by atoms with Crippen molar-refractivity contribution in [2.45, 2.75) is 26.3 Å². The lowest BCUT2D eigenvalue weighted by molar-refractivity contribution is 0.397. The van der Waals surface area contributed by atoms with Crippen molar-refractivity contribution in [3.63, 3.8) is 0 Å². The molecule has 0 aliphatic heterocycles. The van der Waals surface area contributed by atoms with Crippen LogP contribution in [0.2, 0.25) is 0 Å². The first kappa shape index (κ1) is 14.0. The van der Waals surface area contributed by atoms with Gasteiger partial charge in [0.05, 0.1) is 7.11 Å². The number of pyridine rings is 1. The molecular formula is C14H19N5O. The monoisotopic (exact) mass is 273 g/mol. The van der Waals surface area contributed by atoms with Gasteiger partial charge in [0.2, 0.25) is 5.88 Å². The topological polar surface area (TPSA) is 86.0 Å². The average molecular weight is 273 g/mol. The van der Waals surface area contributed by atoms with E-state index in [4.69, 9.17) is 10.5 Å². The van der Waals surface area contributed by atoms with Crippen molar-refractivity contribution in [3.8, 4) is 5.88 Å². The smallest absolute Gasteiger partial charge is 0.242 e. The molecule has 0 fully saturated rings. The van der Waals surface area contributed by atoms with E-state index in [0.717, 1.165) is 24.2 Å². The maximum absolute atomic E-state index is 6.00. The number of nitrogen functional groups attached to an aromatic ring is 1. The number of aryl methyl sites for hydroxylation is 1. The molecule has 0 radical (unpaired) electrons. The van der Waals surface area contributed by atoms with E-state index >= 15 is 0 Å². The molecule has 0 unspecified atom stereocenters. The van der Waals surface area contributed by atoms with Crippen LogP contribution in [0.3, 0.4) is 0 Å². The van der Waals surface area contributed by atoms with Crippen LogP contribution in [-0.4, -0.2) is 22.1 Å². The van der Waals surface area contributed by atoms with E-state index in [-0.39, 0.29) is 0 Å². The number of anilines is 2. The Balaban J connectivity index is 2.19. The zero-order valence-electron chi connectivity index (χ0n) is 11.8. The molecule has 2 heterocycles. The molecule has 0 saturated heterocycles. The third kappa shape index (κ3) is 3.34. The van der Waals surface area contributed by atoms with Crippen LogP contribution in [0, 0.1) is 0 Å². The Morgan fingerprint density at radius 2 is 2.00 bits per heavy atom. The van der Waals surface area contributed by atoms with Crippen LogP contribution in [0.4, 0.5) is 11.5 Å². The van der Waals surface area contributed by atoms with Gasteiger partial charge >= 0.3 is 0 Å². The molecule has 20 heavy (non-hydrogen) atoms. The summed E-state index contributed by atoms with van der Waals surface area (Å²) in [6.07, 6.45) is 5.27. The van der Waals surface area contributed by atoms with Crippen LogP contribution in [0.15, 0.2) is 24.5 Å². The van der Waals surface area contributed by atoms with Crippen molar-refractivity contribution in [3.05, 3.63) is 35.9 Å². The van der Waals surface area contributed by atoms with Crippen LogP contribution in [0.25, 0.3) is 0 Å². The first-order chi connectivity index (χ1) is 9.74. The largest absolute Gasteiger partial charge is 0.479 e. The zero-order valence-corrected chi connectivity index (χ0v) is 11.8. The van der Waals surface area contributed by atoms with E-state index in [1.165, 1.54) is 0 Å². The molecule has 0 aromatic carbocycles. The molecule has 2 aromatic heterocycles. The van der Waals surface area contributed by atoms with Gasteiger partial charge in [0, 0.05) is 25.4 Å². The van der Waals surface area contributed by atoms with E-state index in [0.29, 0.717) is 23.9 Å². The second-order valence-corrected chi connectivity index (χ2v) is 4.37. The van der Waals surface area contributed by atoms with Crippen LogP contribution in [-0.2, 0) is 13.0 Å². The molecule has 3 N–H and O–H groups in total. The number of nitrogens with one attached hydrogen (secondary N) is 1. The van der Waals surface area contributed by atoms with Gasteiger partial charge < -0.3 is 15.8 Å². The summed E-state index contributed by atoms with van der Waals surface area (Å²) in [7, 11) is 1.56. The quantitative estimate of drug-likeness (QED) is 0.837. The van der Waals surface area contributed by atoms with Gasteiger partial charge in [-0.15, -0.1) is 0 Å². The summed E-state index contributed by atoms with van der Waals surface area (Å²) >= 11 is 0. The second-order valence-electron chi connectivity index (χ2n) is 4.37. The summed E-state index contributed by atoms with van der Waals surface area (Å²) in [4.78, 5) is 12.7. The maximum atomic E-state index is 6.00. The Morgan fingerprint density at radius 3 is 2.65 bits per heavy atom. The normalized spacial score (nSPS) is 10.3. The molecule has 6 heteroatoms. The molecule has 0 saturated carbocycles. The number of hydrogen-bond donors (Lipinski definition) is 2. The highest BCUT2D eigenvalue weighted by molar-refractivity contribution is 5.66. The van der Waals surface area contributed by atoms with Crippen molar-refractivity contribution < 1.29 is 4.74 Å². The average Bonchev–Trinajstić information content (AvgIpc) is 2.48. The predicted molar refractivity (Wildman–Crippen MR) is 78.6 cm³/mol. The maximum Gasteiger partial charge on any atom is 0.242 e. The molecule has 0 amide bonds. The zero-order chi connectivity index (χ0) is 14.4. The van der Waals surface area contributed by atoms with Crippen molar-refractivity contribution >= 4 is 11.5 Å². The summed E-state index contributed by atoms with van der Waals surface area (Å²) in [6.45, 7) is 2.70. The third-order valence-electron chi connectivity index (χ3n) is 2.83. The minimum Gasteiger partial charge on any atom is -0.479 e. The number of ether oxygens (including phenoxy) is 1. The van der Waals surface area contributed by atoms with Gasteiger partial charge in [-0.1, -0.05) is 6.92 Å². The van der Waals surface area contributed by atoms with Gasteiger partial charge in [-0.25, -0.2) is 4.98 Å². The number of aromatic nitrogens is 3. The van der Waals surface area contributed by atoms with Gasteiger partial charge in [0.25, 0.3) is 0 Å². The van der Waals surface area contributed by atoms with E-state index in [2.05, 4.69) is 27.2 Å². The lowest BCUT2D eigenvalue weighted by Gasteiger charge is -2.12. The first-order valence-corrected chi connectivity index (χ1v) is 6.57. The summed E-state index contributed by atoms with van der Waals surface area (Å²) in [5.41, 5.74) is 7.54. The molecule has 0 spiro atoms. The van der Waals surface area contributed by atoms with Crippen LogP contribution in [0.1, 0.15) is 24.7 Å². The molecule has 0 atom stereocenters. The third-order valence-corrected chi connectivity index (χ3v) is 2.83.